The molecule has 0 bridgehead atoms. The molecule has 0 saturated heterocycles. The number of benzene rings is 1. The lowest BCUT2D eigenvalue weighted by Gasteiger charge is -2.06. The maximum Gasteiger partial charge on any atom is 0.356 e. The number of imidazole rings is 1. The van der Waals surface area contributed by atoms with Gasteiger partial charge in [0.25, 0.3) is 0 Å². The van der Waals surface area contributed by atoms with Gasteiger partial charge in [0.2, 0.25) is 0 Å². The largest absolute Gasteiger partial charge is 0.486 e. The van der Waals surface area contributed by atoms with Crippen LogP contribution in [-0.2, 0) is 6.61 Å². The molecule has 0 spiro atoms. The Hall–Kier alpha value is -2.82. The van der Waals surface area contributed by atoms with Gasteiger partial charge in [-0.2, -0.15) is 0 Å². The van der Waals surface area contributed by atoms with Crippen LogP contribution in [0.3, 0.4) is 0 Å². The monoisotopic (exact) mass is 296 g/mol. The standard InChI is InChI=1S/C17H16N2O3/c1-11-4-3-5-13(8-11)22-10-15-18-16(17(20)21)14-7-6-12(2)9-19(14)15/h3-9H,10H2,1-2H3,(H,20,21). The number of aromatic carboxylic acids is 1. The third kappa shape index (κ3) is 2.65. The van der Waals surface area contributed by atoms with Gasteiger partial charge in [-0.1, -0.05) is 18.2 Å². The minimum atomic E-state index is -1.04. The Kier molecular flexibility index (Phi) is 3.55. The van der Waals surface area contributed by atoms with Crippen molar-refractivity contribution < 1.29 is 14.6 Å². The molecule has 0 fully saturated rings. The first-order valence-corrected chi connectivity index (χ1v) is 6.95. The van der Waals surface area contributed by atoms with Gasteiger partial charge in [-0.3, -0.25) is 4.40 Å². The number of carbonyl (C=O) groups is 1. The molecule has 3 rings (SSSR count). The van der Waals surface area contributed by atoms with Gasteiger partial charge in [0, 0.05) is 6.20 Å². The lowest BCUT2D eigenvalue weighted by molar-refractivity contribution is 0.0693. The Balaban J connectivity index is 1.96. The summed E-state index contributed by atoms with van der Waals surface area (Å²) in [5.74, 6) is 0.266. The van der Waals surface area contributed by atoms with Gasteiger partial charge in [-0.25, -0.2) is 9.78 Å². The second-order valence-electron chi connectivity index (χ2n) is 5.25. The highest BCUT2D eigenvalue weighted by Gasteiger charge is 2.16. The molecule has 0 aliphatic rings. The summed E-state index contributed by atoms with van der Waals surface area (Å²) in [5, 5.41) is 9.27. The molecular weight excluding hydrogens is 280 g/mol. The molecule has 0 atom stereocenters. The lowest BCUT2D eigenvalue weighted by atomic mass is 10.2. The molecule has 22 heavy (non-hydrogen) atoms. The normalized spacial score (nSPS) is 10.8. The van der Waals surface area contributed by atoms with Gasteiger partial charge < -0.3 is 9.84 Å². The fourth-order valence-electron chi connectivity index (χ4n) is 2.37. The molecular formula is C17H16N2O3. The lowest BCUT2D eigenvalue weighted by Crippen LogP contribution is -2.02. The Morgan fingerprint density at radius 3 is 2.77 bits per heavy atom. The number of carboxylic acids is 1. The molecule has 3 aromatic rings. The smallest absolute Gasteiger partial charge is 0.356 e. The van der Waals surface area contributed by atoms with Gasteiger partial charge in [0.15, 0.2) is 11.5 Å². The maximum absolute atomic E-state index is 11.3. The van der Waals surface area contributed by atoms with Crippen LogP contribution in [0.1, 0.15) is 27.4 Å². The Bertz CT molecular complexity index is 852. The first-order valence-electron chi connectivity index (χ1n) is 6.95. The average Bonchev–Trinajstić information content (AvgIpc) is 2.83. The molecule has 1 N–H and O–H groups in total. The van der Waals surface area contributed by atoms with E-state index in [9.17, 15) is 9.90 Å². The molecule has 2 aromatic heterocycles. The summed E-state index contributed by atoms with van der Waals surface area (Å²) < 4.78 is 7.51. The van der Waals surface area contributed by atoms with E-state index in [2.05, 4.69) is 4.98 Å². The van der Waals surface area contributed by atoms with Crippen molar-refractivity contribution in [1.82, 2.24) is 9.38 Å². The second kappa shape index (κ2) is 5.52. The molecule has 112 valence electrons. The predicted molar refractivity (Wildman–Crippen MR) is 82.4 cm³/mol. The van der Waals surface area contributed by atoms with E-state index in [1.165, 1.54) is 0 Å². The summed E-state index contributed by atoms with van der Waals surface area (Å²) in [6, 6.07) is 11.3. The summed E-state index contributed by atoms with van der Waals surface area (Å²) in [6.45, 7) is 4.15. The third-order valence-electron chi connectivity index (χ3n) is 3.42. The number of aromatic nitrogens is 2. The minimum absolute atomic E-state index is 0.0443. The van der Waals surface area contributed by atoms with E-state index >= 15 is 0 Å². The number of hydrogen-bond donors (Lipinski definition) is 1. The molecule has 0 aliphatic heterocycles. The van der Waals surface area contributed by atoms with Gasteiger partial charge >= 0.3 is 5.97 Å². The van der Waals surface area contributed by atoms with Crippen LogP contribution in [0.15, 0.2) is 42.6 Å². The SMILES string of the molecule is Cc1cccc(OCc2nc(C(=O)O)c3ccc(C)cn23)c1. The van der Waals surface area contributed by atoms with Crippen LogP contribution in [0.5, 0.6) is 5.75 Å². The zero-order valence-electron chi connectivity index (χ0n) is 12.4. The first-order chi connectivity index (χ1) is 10.5. The molecule has 0 unspecified atom stereocenters. The first kappa shape index (κ1) is 14.1. The van der Waals surface area contributed by atoms with Gasteiger partial charge in [0.1, 0.15) is 12.4 Å². The average molecular weight is 296 g/mol. The highest BCUT2D eigenvalue weighted by Crippen LogP contribution is 2.18. The van der Waals surface area contributed by atoms with Crippen molar-refractivity contribution in [3.63, 3.8) is 0 Å². The van der Waals surface area contributed by atoms with E-state index in [-0.39, 0.29) is 12.3 Å². The van der Waals surface area contributed by atoms with Crippen molar-refractivity contribution in [2.75, 3.05) is 0 Å². The summed E-state index contributed by atoms with van der Waals surface area (Å²) in [5.41, 5.74) is 2.75. The molecule has 0 saturated carbocycles. The number of nitrogens with zero attached hydrogens (tertiary/aromatic N) is 2. The van der Waals surface area contributed by atoms with Crippen molar-refractivity contribution in [3.05, 3.63) is 65.2 Å². The number of aryl methyl sites for hydroxylation is 2. The van der Waals surface area contributed by atoms with E-state index in [4.69, 9.17) is 4.74 Å². The predicted octanol–water partition coefficient (Wildman–Crippen LogP) is 3.23. The van der Waals surface area contributed by atoms with Crippen LogP contribution in [0.25, 0.3) is 5.52 Å². The Morgan fingerprint density at radius 2 is 2.05 bits per heavy atom. The Morgan fingerprint density at radius 1 is 1.23 bits per heavy atom. The molecule has 5 heteroatoms. The topological polar surface area (TPSA) is 63.8 Å². The molecule has 0 radical (unpaired) electrons. The quantitative estimate of drug-likeness (QED) is 0.803. The van der Waals surface area contributed by atoms with E-state index in [0.717, 1.165) is 16.9 Å². The van der Waals surface area contributed by atoms with Crippen molar-refractivity contribution in [2.45, 2.75) is 20.5 Å². The molecule has 0 amide bonds. The summed E-state index contributed by atoms with van der Waals surface area (Å²) in [4.78, 5) is 15.5. The zero-order valence-corrected chi connectivity index (χ0v) is 12.4. The molecule has 2 heterocycles. The molecule has 1 aromatic carbocycles. The number of pyridine rings is 1. The van der Waals surface area contributed by atoms with Gasteiger partial charge in [-0.05, 0) is 43.2 Å². The van der Waals surface area contributed by atoms with E-state index in [1.807, 2.05) is 50.4 Å². The van der Waals surface area contributed by atoms with Crippen LogP contribution >= 0.6 is 0 Å². The number of ether oxygens (including phenoxy) is 1. The van der Waals surface area contributed by atoms with Crippen LogP contribution < -0.4 is 4.74 Å². The highest BCUT2D eigenvalue weighted by molar-refractivity contribution is 5.93. The van der Waals surface area contributed by atoms with Gasteiger partial charge in [0.05, 0.1) is 5.52 Å². The minimum Gasteiger partial charge on any atom is -0.486 e. The maximum atomic E-state index is 11.3. The van der Waals surface area contributed by atoms with Gasteiger partial charge in [-0.15, -0.1) is 0 Å². The third-order valence-corrected chi connectivity index (χ3v) is 3.42. The number of hydrogen-bond acceptors (Lipinski definition) is 3. The Labute approximate surface area is 127 Å². The molecule has 0 aliphatic carbocycles. The fourth-order valence-corrected chi connectivity index (χ4v) is 2.37. The molecule has 5 nitrogen and oxygen atoms in total. The van der Waals surface area contributed by atoms with Crippen molar-refractivity contribution >= 4 is 11.5 Å². The van der Waals surface area contributed by atoms with E-state index in [1.54, 1.807) is 10.5 Å². The van der Waals surface area contributed by atoms with Crippen molar-refractivity contribution in [3.8, 4) is 5.75 Å². The van der Waals surface area contributed by atoms with Crippen LogP contribution in [0.4, 0.5) is 0 Å². The van der Waals surface area contributed by atoms with Crippen molar-refractivity contribution in [2.24, 2.45) is 0 Å². The summed E-state index contributed by atoms with van der Waals surface area (Å²) in [6.07, 6.45) is 1.86. The van der Waals surface area contributed by atoms with Crippen LogP contribution in [0, 0.1) is 13.8 Å². The highest BCUT2D eigenvalue weighted by atomic mass is 16.5. The number of rotatable bonds is 4. The number of carboxylic acid groups (broad SMARTS) is 1. The van der Waals surface area contributed by atoms with E-state index < -0.39 is 5.97 Å². The van der Waals surface area contributed by atoms with E-state index in [0.29, 0.717) is 11.3 Å². The fraction of sp³-hybridized carbons (Fsp3) is 0.176. The van der Waals surface area contributed by atoms with Crippen LogP contribution in [-0.4, -0.2) is 20.5 Å². The second-order valence-corrected chi connectivity index (χ2v) is 5.25. The summed E-state index contributed by atoms with van der Waals surface area (Å²) in [7, 11) is 0. The van der Waals surface area contributed by atoms with Crippen LogP contribution in [0.2, 0.25) is 0 Å². The zero-order chi connectivity index (χ0) is 15.7. The van der Waals surface area contributed by atoms with Crippen molar-refractivity contribution in [1.29, 1.82) is 0 Å². The number of fused-ring (bicyclic) bond motifs is 1. The summed E-state index contributed by atoms with van der Waals surface area (Å²) >= 11 is 0.